The van der Waals surface area contributed by atoms with Crippen LogP contribution in [0, 0.1) is 11.6 Å². The predicted molar refractivity (Wildman–Crippen MR) is 92.5 cm³/mol. The molecule has 0 saturated heterocycles. The average Bonchev–Trinajstić information content (AvgIpc) is 2.52. The summed E-state index contributed by atoms with van der Waals surface area (Å²) in [6.07, 6.45) is 3.02. The molecule has 0 bridgehead atoms. The first-order chi connectivity index (χ1) is 11.5. The van der Waals surface area contributed by atoms with E-state index in [1.165, 1.54) is 12.4 Å². The van der Waals surface area contributed by atoms with Crippen LogP contribution in [-0.2, 0) is 6.42 Å². The number of ether oxygens (including phenoxy) is 1. The van der Waals surface area contributed by atoms with Crippen molar-refractivity contribution in [1.82, 2.24) is 15.3 Å². The van der Waals surface area contributed by atoms with Gasteiger partial charge < -0.3 is 15.4 Å². The summed E-state index contributed by atoms with van der Waals surface area (Å²) in [6, 6.07) is 2.33. The molecule has 0 aliphatic heterocycles. The molecule has 0 atom stereocenters. The van der Waals surface area contributed by atoms with Crippen LogP contribution in [0.15, 0.2) is 24.5 Å². The largest absolute Gasteiger partial charge is 0.494 e. The molecule has 24 heavy (non-hydrogen) atoms. The van der Waals surface area contributed by atoms with E-state index in [0.717, 1.165) is 12.1 Å². The number of hydrogen-bond acceptors (Lipinski definition) is 4. The van der Waals surface area contributed by atoms with Gasteiger partial charge >= 0.3 is 0 Å². The van der Waals surface area contributed by atoms with E-state index >= 15 is 0 Å². The van der Waals surface area contributed by atoms with Crippen molar-refractivity contribution >= 4 is 34.7 Å². The van der Waals surface area contributed by atoms with Gasteiger partial charge in [-0.2, -0.15) is 0 Å². The predicted octanol–water partition coefficient (Wildman–Crippen LogP) is 3.34. The Balaban J connectivity index is 1.90. The molecule has 9 heteroatoms. The van der Waals surface area contributed by atoms with E-state index in [9.17, 15) is 8.78 Å². The van der Waals surface area contributed by atoms with Gasteiger partial charge in [0.25, 0.3) is 0 Å². The molecular weight excluding hydrogens is 358 g/mol. The maximum absolute atomic E-state index is 13.9. The van der Waals surface area contributed by atoms with Gasteiger partial charge in [-0.3, -0.25) is 0 Å². The second kappa shape index (κ2) is 8.70. The van der Waals surface area contributed by atoms with Crippen LogP contribution in [0.5, 0.6) is 5.75 Å². The van der Waals surface area contributed by atoms with E-state index in [1.807, 2.05) is 0 Å². The Morgan fingerprint density at radius 1 is 1.25 bits per heavy atom. The van der Waals surface area contributed by atoms with Crippen LogP contribution in [0.4, 0.5) is 14.6 Å². The summed E-state index contributed by atoms with van der Waals surface area (Å²) in [5.74, 6) is -0.846. The molecule has 0 radical (unpaired) electrons. The molecule has 0 aliphatic carbocycles. The van der Waals surface area contributed by atoms with Crippen molar-refractivity contribution in [2.45, 2.75) is 13.3 Å². The summed E-state index contributed by atoms with van der Waals surface area (Å²) in [6.45, 7) is 2.31. The lowest BCUT2D eigenvalue weighted by molar-refractivity contribution is 0.335. The minimum Gasteiger partial charge on any atom is -0.494 e. The topological polar surface area (TPSA) is 59.1 Å². The second-order valence-electron chi connectivity index (χ2n) is 4.63. The van der Waals surface area contributed by atoms with Crippen LogP contribution in [0.1, 0.15) is 12.5 Å². The Morgan fingerprint density at radius 3 is 2.54 bits per heavy atom. The summed E-state index contributed by atoms with van der Waals surface area (Å²) in [4.78, 5) is 7.82. The third-order valence-corrected chi connectivity index (χ3v) is 3.49. The van der Waals surface area contributed by atoms with Gasteiger partial charge in [0.15, 0.2) is 16.1 Å². The normalized spacial score (nSPS) is 10.3. The van der Waals surface area contributed by atoms with Gasteiger partial charge in [0.2, 0.25) is 0 Å². The second-order valence-corrected chi connectivity index (χ2v) is 5.39. The van der Waals surface area contributed by atoms with Crippen LogP contribution in [0.25, 0.3) is 0 Å². The standard InChI is InChI=1S/C15H15ClF2N4OS/c1-2-23-9-7-11(17)10(12(18)8-9)3-4-21-15(24)22-14-13(16)19-5-6-20-14/h5-8H,2-4H2,1H3,(H2,20,21,22,24). The molecule has 1 heterocycles. The molecular formula is C15H15ClF2N4OS. The van der Waals surface area contributed by atoms with Crippen LogP contribution in [-0.4, -0.2) is 28.2 Å². The molecule has 0 aliphatic rings. The molecule has 2 aromatic rings. The Kier molecular flexibility index (Phi) is 6.62. The molecule has 2 N–H and O–H groups in total. The van der Waals surface area contributed by atoms with Crippen molar-refractivity contribution in [3.05, 3.63) is 46.9 Å². The molecule has 5 nitrogen and oxygen atoms in total. The molecule has 0 saturated carbocycles. The zero-order valence-corrected chi connectivity index (χ0v) is 14.3. The molecule has 0 amide bonds. The fourth-order valence-electron chi connectivity index (χ4n) is 1.93. The van der Waals surface area contributed by atoms with Gasteiger partial charge in [-0.05, 0) is 25.6 Å². The maximum atomic E-state index is 13.9. The number of nitrogens with one attached hydrogen (secondary N) is 2. The lowest BCUT2D eigenvalue weighted by atomic mass is 10.1. The van der Waals surface area contributed by atoms with Gasteiger partial charge in [0.05, 0.1) is 6.61 Å². The summed E-state index contributed by atoms with van der Waals surface area (Å²) in [5, 5.41) is 5.99. The third-order valence-electron chi connectivity index (χ3n) is 2.97. The summed E-state index contributed by atoms with van der Waals surface area (Å²) < 4.78 is 32.9. The quantitative estimate of drug-likeness (QED) is 0.758. The van der Waals surface area contributed by atoms with Crippen LogP contribution < -0.4 is 15.4 Å². The molecule has 2 rings (SSSR count). The van der Waals surface area contributed by atoms with Crippen molar-refractivity contribution in [2.24, 2.45) is 0 Å². The highest BCUT2D eigenvalue weighted by molar-refractivity contribution is 7.80. The smallest absolute Gasteiger partial charge is 0.172 e. The highest BCUT2D eigenvalue weighted by Gasteiger charge is 2.12. The van der Waals surface area contributed by atoms with Crippen molar-refractivity contribution in [1.29, 1.82) is 0 Å². The Morgan fingerprint density at radius 2 is 1.92 bits per heavy atom. The van der Waals surface area contributed by atoms with E-state index in [-0.39, 0.29) is 34.5 Å². The third kappa shape index (κ3) is 4.97. The maximum Gasteiger partial charge on any atom is 0.172 e. The summed E-state index contributed by atoms with van der Waals surface area (Å²) in [7, 11) is 0. The van der Waals surface area contributed by atoms with Gasteiger partial charge in [0.1, 0.15) is 17.4 Å². The Hall–Kier alpha value is -2.06. The van der Waals surface area contributed by atoms with Crippen LogP contribution >= 0.6 is 23.8 Å². The van der Waals surface area contributed by atoms with E-state index in [2.05, 4.69) is 20.6 Å². The zero-order valence-electron chi connectivity index (χ0n) is 12.8. The first-order valence-corrected chi connectivity index (χ1v) is 7.92. The van der Waals surface area contributed by atoms with Crippen LogP contribution in [0.2, 0.25) is 5.15 Å². The molecule has 1 aromatic heterocycles. The number of aromatic nitrogens is 2. The van der Waals surface area contributed by atoms with E-state index in [1.54, 1.807) is 6.92 Å². The summed E-state index contributed by atoms with van der Waals surface area (Å²) in [5.41, 5.74) is -0.0358. The molecule has 1 aromatic carbocycles. The fraction of sp³-hybridized carbons (Fsp3) is 0.267. The lowest BCUT2D eigenvalue weighted by Crippen LogP contribution is -2.31. The number of thiocarbonyl (C=S) groups is 1. The minimum atomic E-state index is -0.656. The lowest BCUT2D eigenvalue weighted by Gasteiger charge is -2.12. The van der Waals surface area contributed by atoms with Crippen molar-refractivity contribution in [2.75, 3.05) is 18.5 Å². The number of halogens is 3. The first kappa shape index (κ1) is 18.3. The SMILES string of the molecule is CCOc1cc(F)c(CCNC(=S)Nc2nccnc2Cl)c(F)c1. The molecule has 0 unspecified atom stereocenters. The Bertz CT molecular complexity index is 709. The fourth-order valence-corrected chi connectivity index (χ4v) is 2.28. The van der Waals surface area contributed by atoms with E-state index < -0.39 is 11.6 Å². The van der Waals surface area contributed by atoms with E-state index in [4.69, 9.17) is 28.6 Å². The van der Waals surface area contributed by atoms with E-state index in [0.29, 0.717) is 12.4 Å². The van der Waals surface area contributed by atoms with Gasteiger partial charge in [-0.25, -0.2) is 18.7 Å². The monoisotopic (exact) mass is 372 g/mol. The number of benzene rings is 1. The number of anilines is 1. The van der Waals surface area contributed by atoms with Crippen molar-refractivity contribution in [3.63, 3.8) is 0 Å². The van der Waals surface area contributed by atoms with Crippen molar-refractivity contribution < 1.29 is 13.5 Å². The summed E-state index contributed by atoms with van der Waals surface area (Å²) >= 11 is 10.9. The average molecular weight is 373 g/mol. The highest BCUT2D eigenvalue weighted by atomic mass is 35.5. The zero-order chi connectivity index (χ0) is 17.5. The van der Waals surface area contributed by atoms with Gasteiger partial charge in [0, 0.05) is 36.6 Å². The minimum absolute atomic E-state index is 0.0358. The number of nitrogens with zero attached hydrogens (tertiary/aromatic N) is 2. The van der Waals surface area contributed by atoms with Crippen molar-refractivity contribution in [3.8, 4) is 5.75 Å². The first-order valence-electron chi connectivity index (χ1n) is 7.13. The highest BCUT2D eigenvalue weighted by Crippen LogP contribution is 2.21. The molecule has 0 fully saturated rings. The van der Waals surface area contributed by atoms with Gasteiger partial charge in [-0.15, -0.1) is 0 Å². The number of hydrogen-bond donors (Lipinski definition) is 2. The molecule has 128 valence electrons. The van der Waals surface area contributed by atoms with Gasteiger partial charge in [-0.1, -0.05) is 11.6 Å². The van der Waals surface area contributed by atoms with Crippen LogP contribution in [0.3, 0.4) is 0 Å². The number of rotatable bonds is 6. The Labute approximate surface area is 148 Å². The molecule has 0 spiro atoms.